The third kappa shape index (κ3) is 5.96. The molecule has 1 unspecified atom stereocenters. The molecule has 3 N–H and O–H groups in total. The maximum atomic E-state index is 9.41. The van der Waals surface area contributed by atoms with Gasteiger partial charge in [0.25, 0.3) is 0 Å². The van der Waals surface area contributed by atoms with Crippen LogP contribution >= 0.6 is 0 Å². The Kier molecular flexibility index (Phi) is 8.66. The predicted octanol–water partition coefficient (Wildman–Crippen LogP) is 4.25. The summed E-state index contributed by atoms with van der Waals surface area (Å²) in [5.41, 5.74) is 7.28. The zero-order valence-corrected chi connectivity index (χ0v) is 15.5. The number of hydrogen-bond acceptors (Lipinski definition) is 5. The van der Waals surface area contributed by atoms with Gasteiger partial charge >= 0.3 is 0 Å². The number of aromatic nitrogens is 4. The largest absolute Gasteiger partial charge is 0.396 e. The van der Waals surface area contributed by atoms with Crippen molar-refractivity contribution in [2.75, 3.05) is 12.3 Å². The first-order valence-corrected chi connectivity index (χ1v) is 9.81. The Balaban J connectivity index is 1.78. The number of anilines is 1. The first-order chi connectivity index (χ1) is 12.3. The number of hydrogen-bond donors (Lipinski definition) is 2. The van der Waals surface area contributed by atoms with Crippen LogP contribution in [0.3, 0.4) is 0 Å². The molecule has 0 saturated carbocycles. The molecule has 0 saturated heterocycles. The molecule has 2 heterocycles. The Labute approximate surface area is 150 Å². The first kappa shape index (κ1) is 19.6. The summed E-state index contributed by atoms with van der Waals surface area (Å²) >= 11 is 0. The molecule has 0 fully saturated rings. The van der Waals surface area contributed by atoms with Gasteiger partial charge in [-0.2, -0.15) is 0 Å². The Hall–Kier alpha value is -1.69. The zero-order chi connectivity index (χ0) is 17.9. The molecule has 1 atom stereocenters. The van der Waals surface area contributed by atoms with Crippen LogP contribution in [-0.4, -0.2) is 31.2 Å². The standard InChI is InChI=1S/C19H33N5O/c1-2-3-4-5-6-7-8-9-10-11-16(12-13-25)24-15-23-17-18(20)21-14-22-19(17)24/h14-16,25H,2-13H2,1H3,(H2,20,21,22). The van der Waals surface area contributed by atoms with Crippen LogP contribution in [0.2, 0.25) is 0 Å². The van der Waals surface area contributed by atoms with Gasteiger partial charge in [0, 0.05) is 12.6 Å². The van der Waals surface area contributed by atoms with E-state index in [0.717, 1.165) is 12.1 Å². The van der Waals surface area contributed by atoms with E-state index in [4.69, 9.17) is 5.73 Å². The summed E-state index contributed by atoms with van der Waals surface area (Å²) in [7, 11) is 0. The van der Waals surface area contributed by atoms with Crippen molar-refractivity contribution in [3.05, 3.63) is 12.7 Å². The number of rotatable bonds is 13. The highest BCUT2D eigenvalue weighted by Gasteiger charge is 2.16. The second-order valence-corrected chi connectivity index (χ2v) is 6.87. The van der Waals surface area contributed by atoms with E-state index in [-0.39, 0.29) is 12.6 Å². The number of nitrogen functional groups attached to an aromatic ring is 1. The van der Waals surface area contributed by atoms with Crippen molar-refractivity contribution in [2.45, 2.75) is 83.6 Å². The van der Waals surface area contributed by atoms with Crippen molar-refractivity contribution >= 4 is 17.0 Å². The molecule has 6 heteroatoms. The van der Waals surface area contributed by atoms with Crippen LogP contribution < -0.4 is 5.73 Å². The van der Waals surface area contributed by atoms with Gasteiger partial charge in [-0.25, -0.2) is 15.0 Å². The highest BCUT2D eigenvalue weighted by atomic mass is 16.3. The quantitative estimate of drug-likeness (QED) is 0.529. The highest BCUT2D eigenvalue weighted by molar-refractivity contribution is 5.81. The van der Waals surface area contributed by atoms with Gasteiger partial charge in [-0.15, -0.1) is 0 Å². The number of aliphatic hydroxyl groups is 1. The summed E-state index contributed by atoms with van der Waals surface area (Å²) in [4.78, 5) is 12.7. The maximum Gasteiger partial charge on any atom is 0.165 e. The van der Waals surface area contributed by atoms with Gasteiger partial charge < -0.3 is 15.4 Å². The second-order valence-electron chi connectivity index (χ2n) is 6.87. The van der Waals surface area contributed by atoms with Gasteiger partial charge in [0.05, 0.1) is 6.33 Å². The summed E-state index contributed by atoms with van der Waals surface area (Å²) in [5.74, 6) is 0.412. The lowest BCUT2D eigenvalue weighted by molar-refractivity contribution is 0.251. The predicted molar refractivity (Wildman–Crippen MR) is 102 cm³/mol. The van der Waals surface area contributed by atoms with E-state index in [0.29, 0.717) is 17.8 Å². The van der Waals surface area contributed by atoms with Crippen molar-refractivity contribution in [1.82, 2.24) is 19.5 Å². The van der Waals surface area contributed by atoms with E-state index in [9.17, 15) is 5.11 Å². The minimum absolute atomic E-state index is 0.169. The zero-order valence-electron chi connectivity index (χ0n) is 15.5. The lowest BCUT2D eigenvalue weighted by atomic mass is 10.0. The van der Waals surface area contributed by atoms with Gasteiger partial charge in [0.1, 0.15) is 11.8 Å². The monoisotopic (exact) mass is 347 g/mol. The minimum atomic E-state index is 0.169. The number of nitrogens with zero attached hydrogens (tertiary/aromatic N) is 4. The van der Waals surface area contributed by atoms with Crippen LogP contribution in [0.5, 0.6) is 0 Å². The molecule has 6 nitrogen and oxygen atoms in total. The van der Waals surface area contributed by atoms with Crippen LogP contribution in [0, 0.1) is 0 Å². The summed E-state index contributed by atoms with van der Waals surface area (Å²) in [5, 5.41) is 9.41. The Morgan fingerprint density at radius 3 is 2.32 bits per heavy atom. The fourth-order valence-electron chi connectivity index (χ4n) is 3.40. The SMILES string of the molecule is CCCCCCCCCCCC(CCO)n1cnc2c(N)ncnc21. The Morgan fingerprint density at radius 1 is 0.960 bits per heavy atom. The first-order valence-electron chi connectivity index (χ1n) is 9.81. The molecule has 0 radical (unpaired) electrons. The van der Waals surface area contributed by atoms with E-state index >= 15 is 0 Å². The maximum absolute atomic E-state index is 9.41. The van der Waals surface area contributed by atoms with Crippen molar-refractivity contribution in [3.63, 3.8) is 0 Å². The third-order valence-electron chi connectivity index (χ3n) is 4.88. The molecule has 0 aliphatic carbocycles. The van der Waals surface area contributed by atoms with Crippen molar-refractivity contribution in [2.24, 2.45) is 0 Å². The summed E-state index contributed by atoms with van der Waals surface area (Å²) in [6.07, 6.45) is 16.9. The minimum Gasteiger partial charge on any atom is -0.396 e. The Morgan fingerprint density at radius 2 is 1.64 bits per heavy atom. The normalized spacial score (nSPS) is 12.7. The smallest absolute Gasteiger partial charge is 0.165 e. The number of nitrogens with two attached hydrogens (primary N) is 1. The lowest BCUT2D eigenvalue weighted by Gasteiger charge is -2.18. The lowest BCUT2D eigenvalue weighted by Crippen LogP contribution is -2.11. The van der Waals surface area contributed by atoms with Gasteiger partial charge in [0.2, 0.25) is 0 Å². The van der Waals surface area contributed by atoms with Gasteiger partial charge in [0.15, 0.2) is 11.5 Å². The van der Waals surface area contributed by atoms with E-state index in [1.165, 1.54) is 64.1 Å². The van der Waals surface area contributed by atoms with E-state index < -0.39 is 0 Å². The molecule has 2 aromatic heterocycles. The third-order valence-corrected chi connectivity index (χ3v) is 4.88. The molecule has 2 rings (SSSR count). The molecule has 0 aliphatic rings. The topological polar surface area (TPSA) is 89.8 Å². The molecule has 2 aromatic rings. The van der Waals surface area contributed by atoms with Gasteiger partial charge in [-0.1, -0.05) is 64.7 Å². The van der Waals surface area contributed by atoms with Crippen LogP contribution in [0.25, 0.3) is 11.2 Å². The second kappa shape index (κ2) is 11.0. The molecule has 0 amide bonds. The highest BCUT2D eigenvalue weighted by Crippen LogP contribution is 2.25. The molecular weight excluding hydrogens is 314 g/mol. The Bertz CT molecular complexity index is 613. The van der Waals surface area contributed by atoms with Crippen LogP contribution in [-0.2, 0) is 0 Å². The average Bonchev–Trinajstić information content (AvgIpc) is 3.05. The van der Waals surface area contributed by atoms with Crippen molar-refractivity contribution < 1.29 is 5.11 Å². The fourth-order valence-corrected chi connectivity index (χ4v) is 3.40. The fraction of sp³-hybridized carbons (Fsp3) is 0.737. The van der Waals surface area contributed by atoms with Crippen LogP contribution in [0.4, 0.5) is 5.82 Å². The van der Waals surface area contributed by atoms with Gasteiger partial charge in [-0.05, 0) is 12.8 Å². The molecule has 0 aromatic carbocycles. The van der Waals surface area contributed by atoms with Crippen molar-refractivity contribution in [1.29, 1.82) is 0 Å². The molecule has 0 aliphatic heterocycles. The van der Waals surface area contributed by atoms with Crippen molar-refractivity contribution in [3.8, 4) is 0 Å². The molecule has 0 bridgehead atoms. The summed E-state index contributed by atoms with van der Waals surface area (Å²) in [6.45, 7) is 2.43. The summed E-state index contributed by atoms with van der Waals surface area (Å²) in [6, 6.07) is 0.217. The molecule has 0 spiro atoms. The van der Waals surface area contributed by atoms with E-state index in [1.807, 2.05) is 4.57 Å². The van der Waals surface area contributed by atoms with E-state index in [1.54, 1.807) is 6.33 Å². The molecular formula is C19H33N5O. The van der Waals surface area contributed by atoms with E-state index in [2.05, 4.69) is 21.9 Å². The number of unbranched alkanes of at least 4 members (excludes halogenated alkanes) is 8. The van der Waals surface area contributed by atoms with Gasteiger partial charge in [-0.3, -0.25) is 0 Å². The number of fused-ring (bicyclic) bond motifs is 1. The molecule has 25 heavy (non-hydrogen) atoms. The average molecular weight is 348 g/mol. The summed E-state index contributed by atoms with van der Waals surface area (Å²) < 4.78 is 2.05. The van der Waals surface area contributed by atoms with Crippen LogP contribution in [0.15, 0.2) is 12.7 Å². The number of aliphatic hydroxyl groups excluding tert-OH is 1. The molecule has 140 valence electrons. The van der Waals surface area contributed by atoms with Crippen LogP contribution in [0.1, 0.15) is 83.6 Å². The number of imidazole rings is 1.